The van der Waals surface area contributed by atoms with Crippen LogP contribution < -0.4 is 4.74 Å². The number of hydrogen-bond acceptors (Lipinski definition) is 3. The Bertz CT molecular complexity index is 564. The average molecular weight is 258 g/mol. The number of carbonyl (C=O) groups excluding carboxylic acids is 1. The van der Waals surface area contributed by atoms with Gasteiger partial charge in [-0.25, -0.2) is 0 Å². The highest BCUT2D eigenvalue weighted by atomic mass is 32.1. The Balaban J connectivity index is 2.20. The molecule has 2 nitrogen and oxygen atoms in total. The van der Waals surface area contributed by atoms with E-state index in [1.54, 1.807) is 31.4 Å². The maximum Gasteiger partial charge on any atom is 0.152 e. The van der Waals surface area contributed by atoms with Gasteiger partial charge in [-0.05, 0) is 61.0 Å². The molecule has 0 fully saturated rings. The van der Waals surface area contributed by atoms with Gasteiger partial charge in [-0.3, -0.25) is 4.79 Å². The summed E-state index contributed by atoms with van der Waals surface area (Å²) >= 11 is 1.66. The zero-order chi connectivity index (χ0) is 13.0. The van der Waals surface area contributed by atoms with Crippen molar-refractivity contribution in [1.29, 1.82) is 0 Å². The lowest BCUT2D eigenvalue weighted by atomic mass is 10.2. The third kappa shape index (κ3) is 3.08. The van der Waals surface area contributed by atoms with Gasteiger partial charge in [-0.2, -0.15) is 0 Å². The molecule has 3 heteroatoms. The molecule has 2 aromatic rings. The molecule has 1 aromatic heterocycles. The van der Waals surface area contributed by atoms with E-state index in [1.807, 2.05) is 36.4 Å². The Labute approximate surface area is 111 Å². The predicted octanol–water partition coefficient (Wildman–Crippen LogP) is 4.03. The SMILES string of the molecule is COc1ccc(-c2ccc(/C=C/C(C)=O)s2)cc1. The largest absolute Gasteiger partial charge is 0.497 e. The van der Waals surface area contributed by atoms with Crippen LogP contribution in [0, 0.1) is 0 Å². The number of hydrogen-bond donors (Lipinski definition) is 0. The van der Waals surface area contributed by atoms with Crippen LogP contribution in [0.15, 0.2) is 42.5 Å². The number of thiophene rings is 1. The molecular formula is C15H14O2S. The van der Waals surface area contributed by atoms with Gasteiger partial charge >= 0.3 is 0 Å². The van der Waals surface area contributed by atoms with E-state index in [4.69, 9.17) is 4.74 Å². The van der Waals surface area contributed by atoms with Gasteiger partial charge in [0.2, 0.25) is 0 Å². The number of allylic oxidation sites excluding steroid dienone is 1. The molecule has 0 N–H and O–H groups in total. The summed E-state index contributed by atoms with van der Waals surface area (Å²) in [5, 5.41) is 0. The highest BCUT2D eigenvalue weighted by molar-refractivity contribution is 7.16. The molecule has 0 saturated carbocycles. The van der Waals surface area contributed by atoms with Crippen molar-refractivity contribution in [3.63, 3.8) is 0 Å². The molecule has 0 atom stereocenters. The summed E-state index contributed by atoms with van der Waals surface area (Å²) in [7, 11) is 1.66. The monoisotopic (exact) mass is 258 g/mol. The van der Waals surface area contributed by atoms with Crippen LogP contribution in [0.2, 0.25) is 0 Å². The van der Waals surface area contributed by atoms with Gasteiger partial charge in [0.1, 0.15) is 5.75 Å². The van der Waals surface area contributed by atoms with Crippen molar-refractivity contribution in [1.82, 2.24) is 0 Å². The minimum atomic E-state index is 0.0643. The van der Waals surface area contributed by atoms with Crippen molar-refractivity contribution in [3.05, 3.63) is 47.4 Å². The van der Waals surface area contributed by atoms with Crippen LogP contribution in [0.25, 0.3) is 16.5 Å². The Kier molecular flexibility index (Phi) is 3.95. The number of rotatable bonds is 4. The first-order chi connectivity index (χ1) is 8.69. The summed E-state index contributed by atoms with van der Waals surface area (Å²) in [4.78, 5) is 13.1. The number of benzene rings is 1. The molecule has 0 aliphatic rings. The summed E-state index contributed by atoms with van der Waals surface area (Å²) in [5.41, 5.74) is 1.16. The first-order valence-corrected chi connectivity index (χ1v) is 6.43. The van der Waals surface area contributed by atoms with Crippen molar-refractivity contribution >= 4 is 23.2 Å². The van der Waals surface area contributed by atoms with Crippen molar-refractivity contribution in [2.24, 2.45) is 0 Å². The molecule has 0 bridgehead atoms. The molecule has 1 aromatic carbocycles. The second-order valence-corrected chi connectivity index (χ2v) is 4.99. The second-order valence-electron chi connectivity index (χ2n) is 3.87. The first kappa shape index (κ1) is 12.6. The highest BCUT2D eigenvalue weighted by Crippen LogP contribution is 2.29. The zero-order valence-electron chi connectivity index (χ0n) is 10.3. The van der Waals surface area contributed by atoms with Gasteiger partial charge in [0.05, 0.1) is 7.11 Å². The predicted molar refractivity (Wildman–Crippen MR) is 76.0 cm³/mol. The third-order valence-electron chi connectivity index (χ3n) is 2.48. The zero-order valence-corrected chi connectivity index (χ0v) is 11.2. The molecule has 0 aliphatic heterocycles. The molecule has 0 unspecified atom stereocenters. The minimum absolute atomic E-state index is 0.0643. The van der Waals surface area contributed by atoms with E-state index in [0.29, 0.717) is 0 Å². The van der Waals surface area contributed by atoms with Crippen molar-refractivity contribution < 1.29 is 9.53 Å². The van der Waals surface area contributed by atoms with Gasteiger partial charge in [-0.1, -0.05) is 0 Å². The Hall–Kier alpha value is -1.87. The van der Waals surface area contributed by atoms with E-state index in [0.717, 1.165) is 16.2 Å². The van der Waals surface area contributed by atoms with Gasteiger partial charge in [0, 0.05) is 9.75 Å². The summed E-state index contributed by atoms with van der Waals surface area (Å²) in [6.45, 7) is 1.55. The van der Waals surface area contributed by atoms with Crippen LogP contribution in [-0.2, 0) is 4.79 Å². The van der Waals surface area contributed by atoms with E-state index >= 15 is 0 Å². The van der Waals surface area contributed by atoms with Crippen molar-refractivity contribution in [2.75, 3.05) is 7.11 Å². The molecule has 92 valence electrons. The van der Waals surface area contributed by atoms with Crippen LogP contribution in [-0.4, -0.2) is 12.9 Å². The summed E-state index contributed by atoms with van der Waals surface area (Å²) in [6.07, 6.45) is 3.43. The quantitative estimate of drug-likeness (QED) is 0.774. The van der Waals surface area contributed by atoms with Crippen LogP contribution in [0.1, 0.15) is 11.8 Å². The Morgan fingerprint density at radius 2 is 1.89 bits per heavy atom. The van der Waals surface area contributed by atoms with Crippen LogP contribution >= 0.6 is 11.3 Å². The Morgan fingerprint density at radius 3 is 2.50 bits per heavy atom. The van der Waals surface area contributed by atoms with E-state index in [-0.39, 0.29) is 5.78 Å². The lowest BCUT2D eigenvalue weighted by Crippen LogP contribution is -1.81. The van der Waals surface area contributed by atoms with E-state index in [2.05, 4.69) is 6.07 Å². The molecule has 0 saturated heterocycles. The van der Waals surface area contributed by atoms with Crippen LogP contribution in [0.3, 0.4) is 0 Å². The normalized spacial score (nSPS) is 10.8. The smallest absolute Gasteiger partial charge is 0.152 e. The fraction of sp³-hybridized carbons (Fsp3) is 0.133. The fourth-order valence-electron chi connectivity index (χ4n) is 1.55. The van der Waals surface area contributed by atoms with Gasteiger partial charge in [-0.15, -0.1) is 11.3 Å². The fourth-order valence-corrected chi connectivity index (χ4v) is 2.47. The minimum Gasteiger partial charge on any atom is -0.497 e. The summed E-state index contributed by atoms with van der Waals surface area (Å²) in [5.74, 6) is 0.918. The number of ketones is 1. The number of carbonyl (C=O) groups is 1. The first-order valence-electron chi connectivity index (χ1n) is 5.62. The van der Waals surface area contributed by atoms with Gasteiger partial charge in [0.25, 0.3) is 0 Å². The average Bonchev–Trinajstić information content (AvgIpc) is 2.85. The highest BCUT2D eigenvalue weighted by Gasteiger charge is 2.01. The Morgan fingerprint density at radius 1 is 1.17 bits per heavy atom. The van der Waals surface area contributed by atoms with Crippen LogP contribution in [0.5, 0.6) is 5.75 Å². The maximum atomic E-state index is 10.9. The molecule has 0 aliphatic carbocycles. The number of ether oxygens (including phenoxy) is 1. The van der Waals surface area contributed by atoms with Gasteiger partial charge in [0.15, 0.2) is 5.78 Å². The van der Waals surface area contributed by atoms with E-state index in [1.165, 1.54) is 4.88 Å². The molecule has 18 heavy (non-hydrogen) atoms. The standard InChI is InChI=1S/C15H14O2S/c1-11(16)3-8-14-9-10-15(18-14)12-4-6-13(17-2)7-5-12/h3-10H,1-2H3/b8-3+. The molecular weight excluding hydrogens is 244 g/mol. The third-order valence-corrected chi connectivity index (χ3v) is 3.58. The van der Waals surface area contributed by atoms with Gasteiger partial charge < -0.3 is 4.74 Å². The summed E-state index contributed by atoms with van der Waals surface area (Å²) in [6, 6.07) is 12.0. The topological polar surface area (TPSA) is 26.3 Å². The molecule has 0 spiro atoms. The maximum absolute atomic E-state index is 10.9. The molecule has 0 amide bonds. The summed E-state index contributed by atoms with van der Waals surface area (Å²) < 4.78 is 5.13. The second kappa shape index (κ2) is 5.65. The van der Waals surface area contributed by atoms with Crippen molar-refractivity contribution in [2.45, 2.75) is 6.92 Å². The molecule has 2 rings (SSSR count). The molecule has 0 radical (unpaired) electrons. The van der Waals surface area contributed by atoms with E-state index < -0.39 is 0 Å². The van der Waals surface area contributed by atoms with Crippen molar-refractivity contribution in [3.8, 4) is 16.2 Å². The lowest BCUT2D eigenvalue weighted by molar-refractivity contribution is -0.112. The van der Waals surface area contributed by atoms with Crippen LogP contribution in [0.4, 0.5) is 0 Å². The van der Waals surface area contributed by atoms with E-state index in [9.17, 15) is 4.79 Å². The lowest BCUT2D eigenvalue weighted by Gasteiger charge is -2.00. The molecule has 1 heterocycles. The number of methoxy groups -OCH3 is 1.